The molecule has 0 radical (unpaired) electrons. The fourth-order valence-corrected chi connectivity index (χ4v) is 2.28. The first kappa shape index (κ1) is 13.0. The van der Waals surface area contributed by atoms with Crippen molar-refractivity contribution in [2.24, 2.45) is 0 Å². The van der Waals surface area contributed by atoms with E-state index in [1.54, 1.807) is 7.11 Å². The molecule has 0 amide bonds. The minimum Gasteiger partial charge on any atom is -0.359 e. The number of hydrogen-bond acceptors (Lipinski definition) is 2. The van der Waals surface area contributed by atoms with Gasteiger partial charge < -0.3 is 9.47 Å². The molecule has 0 aromatic carbocycles. The van der Waals surface area contributed by atoms with E-state index in [4.69, 9.17) is 9.47 Å². The lowest BCUT2D eigenvalue weighted by Gasteiger charge is -2.16. The first-order valence-electron chi connectivity index (χ1n) is 6.54. The van der Waals surface area contributed by atoms with Crippen LogP contribution in [0.2, 0.25) is 0 Å². The van der Waals surface area contributed by atoms with Gasteiger partial charge in [-0.1, -0.05) is 51.4 Å². The molecule has 0 saturated heterocycles. The van der Waals surface area contributed by atoms with Gasteiger partial charge in [0.25, 0.3) is 0 Å². The molecular formula is C13H26O2. The maximum absolute atomic E-state index is 5.68. The summed E-state index contributed by atoms with van der Waals surface area (Å²) in [6, 6.07) is 0. The summed E-state index contributed by atoms with van der Waals surface area (Å²) >= 11 is 0. The van der Waals surface area contributed by atoms with Crippen LogP contribution in [-0.2, 0) is 9.47 Å². The summed E-state index contributed by atoms with van der Waals surface area (Å²) in [5.41, 5.74) is 0. The smallest absolute Gasteiger partial charge is 0.146 e. The molecule has 15 heavy (non-hydrogen) atoms. The summed E-state index contributed by atoms with van der Waals surface area (Å²) in [7, 11) is 1.70. The van der Waals surface area contributed by atoms with Gasteiger partial charge in [0, 0.05) is 7.11 Å². The molecule has 2 heteroatoms. The number of hydrogen-bond donors (Lipinski definition) is 0. The van der Waals surface area contributed by atoms with Gasteiger partial charge in [-0.15, -0.1) is 0 Å². The molecule has 0 bridgehead atoms. The monoisotopic (exact) mass is 214 g/mol. The SMILES string of the molecule is COCOC1CCCCCCCCCC1. The van der Waals surface area contributed by atoms with Gasteiger partial charge in [0.1, 0.15) is 6.79 Å². The highest BCUT2D eigenvalue weighted by Crippen LogP contribution is 2.18. The Balaban J connectivity index is 2.19. The zero-order valence-electron chi connectivity index (χ0n) is 10.2. The minimum absolute atomic E-state index is 0.447. The van der Waals surface area contributed by atoms with Crippen molar-refractivity contribution in [2.45, 2.75) is 70.3 Å². The molecule has 1 rings (SSSR count). The fourth-order valence-electron chi connectivity index (χ4n) is 2.28. The van der Waals surface area contributed by atoms with Gasteiger partial charge >= 0.3 is 0 Å². The molecule has 1 fully saturated rings. The van der Waals surface area contributed by atoms with Crippen LogP contribution in [0.3, 0.4) is 0 Å². The van der Waals surface area contributed by atoms with Crippen molar-refractivity contribution in [1.29, 1.82) is 0 Å². The number of ether oxygens (including phenoxy) is 2. The molecular weight excluding hydrogens is 188 g/mol. The predicted molar refractivity (Wildman–Crippen MR) is 62.9 cm³/mol. The Bertz CT molecular complexity index is 124. The third kappa shape index (κ3) is 6.91. The molecule has 90 valence electrons. The van der Waals surface area contributed by atoms with Crippen molar-refractivity contribution >= 4 is 0 Å². The minimum atomic E-state index is 0.447. The number of rotatable bonds is 3. The molecule has 1 saturated carbocycles. The van der Waals surface area contributed by atoms with Gasteiger partial charge in [-0.05, 0) is 12.8 Å². The summed E-state index contributed by atoms with van der Waals surface area (Å²) in [4.78, 5) is 0. The quantitative estimate of drug-likeness (QED) is 0.664. The average molecular weight is 214 g/mol. The second kappa shape index (κ2) is 9.17. The van der Waals surface area contributed by atoms with E-state index in [2.05, 4.69) is 0 Å². The van der Waals surface area contributed by atoms with Gasteiger partial charge in [-0.25, -0.2) is 0 Å². The lowest BCUT2D eigenvalue weighted by atomic mass is 10.1. The molecule has 0 aliphatic heterocycles. The molecule has 0 heterocycles. The molecule has 0 aromatic rings. The Labute approximate surface area is 94.3 Å². The molecule has 0 spiro atoms. The Kier molecular flexibility index (Phi) is 7.94. The highest BCUT2D eigenvalue weighted by atomic mass is 16.7. The van der Waals surface area contributed by atoms with E-state index < -0.39 is 0 Å². The van der Waals surface area contributed by atoms with Gasteiger partial charge in [0.15, 0.2) is 0 Å². The normalized spacial score (nSPS) is 22.2. The van der Waals surface area contributed by atoms with E-state index in [9.17, 15) is 0 Å². The summed E-state index contributed by atoms with van der Waals surface area (Å²) in [5, 5.41) is 0. The topological polar surface area (TPSA) is 18.5 Å². The standard InChI is InChI=1S/C13H26O2/c1-14-12-15-13-10-8-6-4-2-3-5-7-9-11-13/h13H,2-12H2,1H3. The first-order chi connectivity index (χ1) is 7.43. The van der Waals surface area contributed by atoms with Crippen molar-refractivity contribution < 1.29 is 9.47 Å². The van der Waals surface area contributed by atoms with Crippen molar-refractivity contribution in [3.63, 3.8) is 0 Å². The van der Waals surface area contributed by atoms with Crippen LogP contribution in [0.5, 0.6) is 0 Å². The van der Waals surface area contributed by atoms with Crippen LogP contribution >= 0.6 is 0 Å². The third-order valence-electron chi connectivity index (χ3n) is 3.22. The van der Waals surface area contributed by atoms with Crippen molar-refractivity contribution in [3.05, 3.63) is 0 Å². The van der Waals surface area contributed by atoms with Gasteiger partial charge in [0.05, 0.1) is 6.10 Å². The lowest BCUT2D eigenvalue weighted by molar-refractivity contribution is -0.0775. The molecule has 0 unspecified atom stereocenters. The van der Waals surface area contributed by atoms with Crippen molar-refractivity contribution in [1.82, 2.24) is 0 Å². The van der Waals surface area contributed by atoms with Gasteiger partial charge in [0.2, 0.25) is 0 Å². The Morgan fingerprint density at radius 3 is 1.73 bits per heavy atom. The summed E-state index contributed by atoms with van der Waals surface area (Å²) in [6.07, 6.45) is 14.0. The Morgan fingerprint density at radius 1 is 0.800 bits per heavy atom. The molecule has 0 N–H and O–H groups in total. The largest absolute Gasteiger partial charge is 0.359 e. The maximum Gasteiger partial charge on any atom is 0.146 e. The summed E-state index contributed by atoms with van der Waals surface area (Å²) in [6.45, 7) is 0.463. The highest BCUT2D eigenvalue weighted by molar-refractivity contribution is 4.61. The van der Waals surface area contributed by atoms with E-state index in [0.29, 0.717) is 12.9 Å². The van der Waals surface area contributed by atoms with E-state index in [0.717, 1.165) is 0 Å². The maximum atomic E-state index is 5.68. The lowest BCUT2D eigenvalue weighted by Crippen LogP contribution is -2.14. The van der Waals surface area contributed by atoms with Crippen molar-refractivity contribution in [2.75, 3.05) is 13.9 Å². The molecule has 1 aliphatic rings. The van der Waals surface area contributed by atoms with Crippen LogP contribution in [0.1, 0.15) is 64.2 Å². The fraction of sp³-hybridized carbons (Fsp3) is 1.00. The molecule has 0 aromatic heterocycles. The van der Waals surface area contributed by atoms with Crippen LogP contribution in [0, 0.1) is 0 Å². The summed E-state index contributed by atoms with van der Waals surface area (Å²) in [5.74, 6) is 0. The van der Waals surface area contributed by atoms with Crippen molar-refractivity contribution in [3.8, 4) is 0 Å². The Morgan fingerprint density at radius 2 is 1.27 bits per heavy atom. The van der Waals surface area contributed by atoms with Crippen LogP contribution in [-0.4, -0.2) is 20.0 Å². The third-order valence-corrected chi connectivity index (χ3v) is 3.22. The second-order valence-electron chi connectivity index (χ2n) is 4.60. The number of methoxy groups -OCH3 is 1. The predicted octanol–water partition coefficient (Wildman–Crippen LogP) is 3.89. The second-order valence-corrected chi connectivity index (χ2v) is 4.60. The van der Waals surface area contributed by atoms with E-state index in [1.807, 2.05) is 0 Å². The van der Waals surface area contributed by atoms with Crippen LogP contribution in [0.25, 0.3) is 0 Å². The van der Waals surface area contributed by atoms with Gasteiger partial charge in [-0.2, -0.15) is 0 Å². The highest BCUT2D eigenvalue weighted by Gasteiger charge is 2.09. The molecule has 1 aliphatic carbocycles. The zero-order chi connectivity index (χ0) is 10.8. The van der Waals surface area contributed by atoms with E-state index in [1.165, 1.54) is 64.2 Å². The van der Waals surface area contributed by atoms with Gasteiger partial charge in [-0.3, -0.25) is 0 Å². The average Bonchev–Trinajstić information content (AvgIpc) is 2.31. The van der Waals surface area contributed by atoms with Crippen LogP contribution < -0.4 is 0 Å². The van der Waals surface area contributed by atoms with E-state index >= 15 is 0 Å². The first-order valence-corrected chi connectivity index (χ1v) is 6.54. The molecule has 2 nitrogen and oxygen atoms in total. The summed E-state index contributed by atoms with van der Waals surface area (Å²) < 4.78 is 10.7. The van der Waals surface area contributed by atoms with Crippen LogP contribution in [0.4, 0.5) is 0 Å². The zero-order valence-corrected chi connectivity index (χ0v) is 10.2. The van der Waals surface area contributed by atoms with E-state index in [-0.39, 0.29) is 0 Å². The van der Waals surface area contributed by atoms with Crippen LogP contribution in [0.15, 0.2) is 0 Å². The Hall–Kier alpha value is -0.0800. The molecule has 0 atom stereocenters.